The molecule has 60 heavy (non-hydrogen) atoms. The van der Waals surface area contributed by atoms with Crippen molar-refractivity contribution in [3.05, 3.63) is 71.8 Å². The molecule has 8 atom stereocenters. The van der Waals surface area contributed by atoms with E-state index in [1.165, 1.54) is 37.7 Å². The normalized spacial score (nSPS) is 26.1. The summed E-state index contributed by atoms with van der Waals surface area (Å²) < 4.78 is 18.0. The monoisotopic (exact) mass is 868 g/mol. The fourth-order valence-corrected chi connectivity index (χ4v) is 11.2. The Morgan fingerprint density at radius 2 is 0.950 bits per heavy atom. The van der Waals surface area contributed by atoms with Crippen molar-refractivity contribution in [3.63, 3.8) is 0 Å². The fourth-order valence-electron chi connectivity index (χ4n) is 7.80. The average molecular weight is 869 g/mol. The van der Waals surface area contributed by atoms with E-state index in [9.17, 15) is 38.4 Å². The lowest BCUT2D eigenvalue weighted by molar-refractivity contribution is -0.143. The van der Waals surface area contributed by atoms with Crippen LogP contribution in [0.1, 0.15) is 77.3 Å². The summed E-state index contributed by atoms with van der Waals surface area (Å²) in [6.07, 6.45) is -0.408. The first kappa shape index (κ1) is 46.0. The number of imide groups is 2. The molecule has 4 fully saturated rings. The van der Waals surface area contributed by atoms with Crippen LogP contribution >= 0.6 is 23.5 Å². The Bertz CT molecular complexity index is 1850. The second kappa shape index (κ2) is 18.3. The number of ether oxygens (including phenoxy) is 4. The SMILES string of the molecule is COC(=O)[C@H](CS[C@@]12C(=O)NC(=O)[C@@H]1C[C@H]2c1ccccc1)NC(=O)OC(C)(C)C.COC(=O)[C@H](CS[C@]12C(=O)NC(=O)[C@H]1C[C@@H]2c1ccccc1)NC(=O)OC(C)(C)C. The van der Waals surface area contributed by atoms with Crippen molar-refractivity contribution in [2.45, 2.75) is 99.0 Å². The summed E-state index contributed by atoms with van der Waals surface area (Å²) in [6, 6.07) is 17.0. The highest BCUT2D eigenvalue weighted by molar-refractivity contribution is 8.02. The molecule has 0 radical (unpaired) electrons. The van der Waals surface area contributed by atoms with Gasteiger partial charge in [-0.05, 0) is 65.5 Å². The quantitative estimate of drug-likeness (QED) is 0.135. The summed E-state index contributed by atoms with van der Waals surface area (Å²) in [5.41, 5.74) is 0.457. The zero-order valence-corrected chi connectivity index (χ0v) is 36.4. The number of amides is 6. The predicted molar refractivity (Wildman–Crippen MR) is 222 cm³/mol. The number of alkyl carbamates (subject to hydrolysis) is 2. The third-order valence-electron chi connectivity index (χ3n) is 10.6. The summed E-state index contributed by atoms with van der Waals surface area (Å²) in [5.74, 6) is -3.77. The van der Waals surface area contributed by atoms with Crippen molar-refractivity contribution in [2.24, 2.45) is 11.8 Å². The number of carbonyl (C=O) groups is 8. The highest BCUT2D eigenvalue weighted by atomic mass is 32.2. The summed E-state index contributed by atoms with van der Waals surface area (Å²) in [4.78, 5) is 99.0. The number of esters is 2. The molecule has 2 heterocycles. The van der Waals surface area contributed by atoms with Gasteiger partial charge in [0.05, 0.1) is 26.1 Å². The first-order chi connectivity index (χ1) is 28.2. The molecule has 2 aliphatic carbocycles. The number of fused-ring (bicyclic) bond motifs is 2. The molecule has 18 heteroatoms. The van der Waals surface area contributed by atoms with Gasteiger partial charge in [-0.15, -0.1) is 23.5 Å². The zero-order chi connectivity index (χ0) is 44.2. The lowest BCUT2D eigenvalue weighted by Gasteiger charge is -2.48. The Kier molecular flexibility index (Phi) is 14.0. The summed E-state index contributed by atoms with van der Waals surface area (Å²) in [6.45, 7) is 10.3. The minimum absolute atomic E-state index is 0.0620. The van der Waals surface area contributed by atoms with E-state index >= 15 is 0 Å². The second-order valence-corrected chi connectivity index (χ2v) is 19.4. The van der Waals surface area contributed by atoms with E-state index in [1.54, 1.807) is 41.5 Å². The van der Waals surface area contributed by atoms with Crippen LogP contribution in [0.4, 0.5) is 9.59 Å². The van der Waals surface area contributed by atoms with E-state index in [-0.39, 0.29) is 47.0 Å². The van der Waals surface area contributed by atoms with Crippen LogP contribution in [0.2, 0.25) is 0 Å². The van der Waals surface area contributed by atoms with E-state index in [4.69, 9.17) is 18.9 Å². The molecule has 2 saturated carbocycles. The largest absolute Gasteiger partial charge is 0.467 e. The predicted octanol–water partition coefficient (Wildman–Crippen LogP) is 3.97. The van der Waals surface area contributed by atoms with Crippen molar-refractivity contribution < 1.29 is 57.3 Å². The topological polar surface area (TPSA) is 222 Å². The Morgan fingerprint density at radius 3 is 1.23 bits per heavy atom. The van der Waals surface area contributed by atoms with Gasteiger partial charge >= 0.3 is 24.1 Å². The van der Waals surface area contributed by atoms with Crippen LogP contribution in [0, 0.1) is 11.8 Å². The highest BCUT2D eigenvalue weighted by Crippen LogP contribution is 2.62. The average Bonchev–Trinajstić information content (AvgIpc) is 3.45. The lowest BCUT2D eigenvalue weighted by Crippen LogP contribution is -2.56. The van der Waals surface area contributed by atoms with E-state index in [0.29, 0.717) is 12.8 Å². The second-order valence-electron chi connectivity index (χ2n) is 16.8. The first-order valence-corrected chi connectivity index (χ1v) is 21.4. The molecule has 0 bridgehead atoms. The number of carbonyl (C=O) groups excluding carboxylic acids is 8. The van der Waals surface area contributed by atoms with Gasteiger partial charge in [0.1, 0.15) is 32.8 Å². The molecule has 4 N–H and O–H groups in total. The highest BCUT2D eigenvalue weighted by Gasteiger charge is 2.69. The van der Waals surface area contributed by atoms with Crippen LogP contribution in [0.3, 0.4) is 0 Å². The minimum Gasteiger partial charge on any atom is -0.467 e. The Balaban J connectivity index is 0.000000228. The molecule has 16 nitrogen and oxygen atoms in total. The molecule has 2 aromatic carbocycles. The smallest absolute Gasteiger partial charge is 0.408 e. The number of thioether (sulfide) groups is 2. The van der Waals surface area contributed by atoms with Gasteiger partial charge in [0.25, 0.3) is 0 Å². The van der Waals surface area contributed by atoms with Gasteiger partial charge in [-0.25, -0.2) is 19.2 Å². The third-order valence-corrected chi connectivity index (χ3v) is 14.0. The molecule has 324 valence electrons. The van der Waals surface area contributed by atoms with Crippen molar-refractivity contribution >= 4 is 71.3 Å². The van der Waals surface area contributed by atoms with Crippen molar-refractivity contribution in [1.82, 2.24) is 21.3 Å². The maximum absolute atomic E-state index is 12.8. The molecule has 4 aliphatic rings. The van der Waals surface area contributed by atoms with Gasteiger partial charge in [0, 0.05) is 23.3 Å². The van der Waals surface area contributed by atoms with Crippen LogP contribution in [0.25, 0.3) is 0 Å². The van der Waals surface area contributed by atoms with Crippen LogP contribution in [0.15, 0.2) is 60.7 Å². The maximum atomic E-state index is 12.8. The molecule has 0 unspecified atom stereocenters. The van der Waals surface area contributed by atoms with E-state index in [1.807, 2.05) is 60.7 Å². The molecule has 2 aliphatic heterocycles. The third kappa shape index (κ3) is 9.75. The Labute approximate surface area is 357 Å². The van der Waals surface area contributed by atoms with Crippen molar-refractivity contribution in [1.29, 1.82) is 0 Å². The number of hydrogen-bond acceptors (Lipinski definition) is 14. The van der Waals surface area contributed by atoms with Crippen LogP contribution in [0.5, 0.6) is 0 Å². The number of nitrogens with one attached hydrogen (secondary N) is 4. The first-order valence-electron chi connectivity index (χ1n) is 19.4. The maximum Gasteiger partial charge on any atom is 0.408 e. The molecule has 0 aromatic heterocycles. The number of benzene rings is 2. The van der Waals surface area contributed by atoms with Gasteiger partial charge < -0.3 is 29.6 Å². The van der Waals surface area contributed by atoms with Crippen LogP contribution in [-0.2, 0) is 47.7 Å². The molecule has 0 spiro atoms. The minimum atomic E-state index is -1.02. The standard InChI is InChI=1S/2C21H26N2O6S/c2*1-20(2,3)29-19(27)22-15(17(25)28-4)11-30-21-13(12-8-6-5-7-9-12)10-14(21)16(24)23-18(21)26/h2*5-9,13-15H,10-11H2,1-4H3,(H,22,27)(H,23,24,26)/t13-,14-,15+,21+;13-,14-,15-,21+/m10/s1. The summed E-state index contributed by atoms with van der Waals surface area (Å²) in [5, 5.41) is 9.89. The van der Waals surface area contributed by atoms with E-state index < -0.39 is 68.7 Å². The van der Waals surface area contributed by atoms with Gasteiger partial charge in [-0.2, -0.15) is 0 Å². The van der Waals surface area contributed by atoms with Gasteiger partial charge in [-0.1, -0.05) is 60.7 Å². The van der Waals surface area contributed by atoms with Crippen molar-refractivity contribution in [2.75, 3.05) is 25.7 Å². The number of rotatable bonds is 12. The summed E-state index contributed by atoms with van der Waals surface area (Å²) >= 11 is 2.41. The van der Waals surface area contributed by atoms with Crippen LogP contribution < -0.4 is 21.3 Å². The van der Waals surface area contributed by atoms with Crippen molar-refractivity contribution in [3.8, 4) is 0 Å². The summed E-state index contributed by atoms with van der Waals surface area (Å²) in [7, 11) is 2.44. The Hall–Kier alpha value is -5.10. The van der Waals surface area contributed by atoms with E-state index in [2.05, 4.69) is 21.3 Å². The molecule has 2 saturated heterocycles. The molecular weight excluding hydrogens is 817 g/mol. The zero-order valence-electron chi connectivity index (χ0n) is 34.8. The van der Waals surface area contributed by atoms with Gasteiger partial charge in [0.2, 0.25) is 23.6 Å². The lowest BCUT2D eigenvalue weighted by atomic mass is 9.62. The fraction of sp³-hybridized carbons (Fsp3) is 0.524. The van der Waals surface area contributed by atoms with Gasteiger partial charge in [-0.3, -0.25) is 29.8 Å². The van der Waals surface area contributed by atoms with Gasteiger partial charge in [0.15, 0.2) is 0 Å². The van der Waals surface area contributed by atoms with E-state index in [0.717, 1.165) is 11.1 Å². The molecule has 2 aromatic rings. The molecular formula is C42H52N4O12S2. The molecule has 6 rings (SSSR count). The van der Waals surface area contributed by atoms with Crippen LogP contribution in [-0.4, -0.2) is 106 Å². The number of hydrogen-bond donors (Lipinski definition) is 4. The Morgan fingerprint density at radius 1 is 0.617 bits per heavy atom. The number of methoxy groups -OCH3 is 2. The molecule has 6 amide bonds.